The largest absolute Gasteiger partial charge is 0.496 e. The van der Waals surface area contributed by atoms with Crippen LogP contribution in [0.15, 0.2) is 42.5 Å². The third-order valence-corrected chi connectivity index (χ3v) is 2.99. The van der Waals surface area contributed by atoms with Crippen LogP contribution in [0, 0.1) is 0 Å². The standard InChI is InChI=1S/C15H13ClO3/c1-18-14-7-6-12(16)9-13(14)10-4-3-5-11(8-10)15(17)19-2/h3-9H,1-2H3. The van der Waals surface area contributed by atoms with Crippen molar-refractivity contribution in [2.75, 3.05) is 14.2 Å². The summed E-state index contributed by atoms with van der Waals surface area (Å²) in [4.78, 5) is 11.5. The number of halogens is 1. The van der Waals surface area contributed by atoms with Crippen molar-refractivity contribution in [1.82, 2.24) is 0 Å². The number of benzene rings is 2. The molecule has 0 heterocycles. The number of carbonyl (C=O) groups excluding carboxylic acids is 1. The van der Waals surface area contributed by atoms with Crippen LogP contribution in [0.3, 0.4) is 0 Å². The first-order valence-electron chi connectivity index (χ1n) is 5.68. The number of hydrogen-bond donors (Lipinski definition) is 0. The summed E-state index contributed by atoms with van der Waals surface area (Å²) in [6.07, 6.45) is 0. The van der Waals surface area contributed by atoms with Crippen LogP contribution in [0.25, 0.3) is 11.1 Å². The predicted molar refractivity (Wildman–Crippen MR) is 74.8 cm³/mol. The topological polar surface area (TPSA) is 35.5 Å². The quantitative estimate of drug-likeness (QED) is 0.800. The van der Waals surface area contributed by atoms with Gasteiger partial charge in [-0.2, -0.15) is 0 Å². The van der Waals surface area contributed by atoms with Gasteiger partial charge in [0.15, 0.2) is 0 Å². The molecule has 0 amide bonds. The third-order valence-electron chi connectivity index (χ3n) is 2.76. The molecule has 0 spiro atoms. The van der Waals surface area contributed by atoms with Gasteiger partial charge < -0.3 is 9.47 Å². The van der Waals surface area contributed by atoms with E-state index in [1.165, 1.54) is 7.11 Å². The molecule has 0 N–H and O–H groups in total. The maximum Gasteiger partial charge on any atom is 0.337 e. The van der Waals surface area contributed by atoms with Crippen molar-refractivity contribution in [3.8, 4) is 16.9 Å². The number of esters is 1. The Bertz CT molecular complexity index is 608. The van der Waals surface area contributed by atoms with E-state index in [-0.39, 0.29) is 5.97 Å². The van der Waals surface area contributed by atoms with Gasteiger partial charge in [-0.05, 0) is 35.9 Å². The second-order valence-electron chi connectivity index (χ2n) is 3.92. The SMILES string of the molecule is COC(=O)c1cccc(-c2cc(Cl)ccc2OC)c1. The van der Waals surface area contributed by atoms with Gasteiger partial charge >= 0.3 is 5.97 Å². The van der Waals surface area contributed by atoms with Crippen molar-refractivity contribution < 1.29 is 14.3 Å². The van der Waals surface area contributed by atoms with E-state index in [1.807, 2.05) is 6.07 Å². The Balaban J connectivity index is 2.52. The minimum absolute atomic E-state index is 0.372. The lowest BCUT2D eigenvalue weighted by molar-refractivity contribution is 0.0601. The molecule has 2 rings (SSSR count). The van der Waals surface area contributed by atoms with Crippen molar-refractivity contribution in [3.05, 3.63) is 53.1 Å². The minimum atomic E-state index is -0.372. The van der Waals surface area contributed by atoms with E-state index >= 15 is 0 Å². The Hall–Kier alpha value is -2.00. The molecule has 0 atom stereocenters. The van der Waals surface area contributed by atoms with Gasteiger partial charge in [0.25, 0.3) is 0 Å². The van der Waals surface area contributed by atoms with Gasteiger partial charge in [0.1, 0.15) is 5.75 Å². The van der Waals surface area contributed by atoms with Crippen LogP contribution in [-0.4, -0.2) is 20.2 Å². The predicted octanol–water partition coefficient (Wildman–Crippen LogP) is 3.80. The average Bonchev–Trinajstić information content (AvgIpc) is 2.46. The van der Waals surface area contributed by atoms with Gasteiger partial charge in [-0.15, -0.1) is 0 Å². The zero-order valence-corrected chi connectivity index (χ0v) is 11.4. The van der Waals surface area contributed by atoms with E-state index in [0.29, 0.717) is 16.3 Å². The first-order chi connectivity index (χ1) is 9.15. The highest BCUT2D eigenvalue weighted by molar-refractivity contribution is 6.31. The maximum atomic E-state index is 11.5. The smallest absolute Gasteiger partial charge is 0.337 e. The van der Waals surface area contributed by atoms with Gasteiger partial charge in [-0.1, -0.05) is 23.7 Å². The molecule has 2 aromatic carbocycles. The van der Waals surface area contributed by atoms with Gasteiger partial charge in [-0.25, -0.2) is 4.79 Å². The molecule has 0 aliphatic heterocycles. The Labute approximate surface area is 116 Å². The number of ether oxygens (including phenoxy) is 2. The fourth-order valence-corrected chi connectivity index (χ4v) is 2.01. The summed E-state index contributed by atoms with van der Waals surface area (Å²) in [6, 6.07) is 12.5. The maximum absolute atomic E-state index is 11.5. The third kappa shape index (κ3) is 2.88. The van der Waals surface area contributed by atoms with Crippen LogP contribution in [0.4, 0.5) is 0 Å². The van der Waals surface area contributed by atoms with Crippen molar-refractivity contribution in [2.24, 2.45) is 0 Å². The molecule has 19 heavy (non-hydrogen) atoms. The van der Waals surface area contributed by atoms with Crippen LogP contribution in [0.5, 0.6) is 5.75 Å². The first-order valence-corrected chi connectivity index (χ1v) is 6.06. The minimum Gasteiger partial charge on any atom is -0.496 e. The highest BCUT2D eigenvalue weighted by Crippen LogP contribution is 2.32. The Morgan fingerprint density at radius 1 is 1.11 bits per heavy atom. The molecular formula is C15H13ClO3. The summed E-state index contributed by atoms with van der Waals surface area (Å²) in [5.41, 5.74) is 2.17. The fraction of sp³-hybridized carbons (Fsp3) is 0.133. The number of hydrogen-bond acceptors (Lipinski definition) is 3. The van der Waals surface area contributed by atoms with E-state index in [9.17, 15) is 4.79 Å². The highest BCUT2D eigenvalue weighted by Gasteiger charge is 2.10. The molecule has 0 aliphatic rings. The van der Waals surface area contributed by atoms with Crippen LogP contribution >= 0.6 is 11.6 Å². The molecule has 0 aliphatic carbocycles. The molecule has 98 valence electrons. The Kier molecular flexibility index (Phi) is 4.07. The Morgan fingerprint density at radius 3 is 2.58 bits per heavy atom. The van der Waals surface area contributed by atoms with Gasteiger partial charge in [0, 0.05) is 10.6 Å². The lowest BCUT2D eigenvalue weighted by Gasteiger charge is -2.10. The molecule has 0 aromatic heterocycles. The van der Waals surface area contributed by atoms with E-state index in [4.69, 9.17) is 21.1 Å². The zero-order chi connectivity index (χ0) is 13.8. The molecule has 0 saturated carbocycles. The molecule has 0 fully saturated rings. The van der Waals surface area contributed by atoms with Crippen molar-refractivity contribution in [2.45, 2.75) is 0 Å². The molecule has 0 unspecified atom stereocenters. The molecule has 0 radical (unpaired) electrons. The lowest BCUT2D eigenvalue weighted by Crippen LogP contribution is -2.01. The Morgan fingerprint density at radius 2 is 1.89 bits per heavy atom. The molecular weight excluding hydrogens is 264 g/mol. The van der Waals surface area contributed by atoms with Crippen LogP contribution < -0.4 is 4.74 Å². The van der Waals surface area contributed by atoms with Crippen molar-refractivity contribution in [3.63, 3.8) is 0 Å². The number of rotatable bonds is 3. The first kappa shape index (κ1) is 13.4. The van der Waals surface area contributed by atoms with Gasteiger partial charge in [0.05, 0.1) is 19.8 Å². The van der Waals surface area contributed by atoms with E-state index in [2.05, 4.69) is 0 Å². The summed E-state index contributed by atoms with van der Waals surface area (Å²) in [7, 11) is 2.95. The van der Waals surface area contributed by atoms with Gasteiger partial charge in [0.2, 0.25) is 0 Å². The van der Waals surface area contributed by atoms with E-state index < -0.39 is 0 Å². The van der Waals surface area contributed by atoms with Crippen LogP contribution in [0.2, 0.25) is 5.02 Å². The fourth-order valence-electron chi connectivity index (χ4n) is 1.84. The average molecular weight is 277 g/mol. The molecule has 2 aromatic rings. The molecule has 0 bridgehead atoms. The highest BCUT2D eigenvalue weighted by atomic mass is 35.5. The normalized spacial score (nSPS) is 10.1. The van der Waals surface area contributed by atoms with Gasteiger partial charge in [-0.3, -0.25) is 0 Å². The van der Waals surface area contributed by atoms with Crippen molar-refractivity contribution in [1.29, 1.82) is 0 Å². The monoisotopic (exact) mass is 276 g/mol. The lowest BCUT2D eigenvalue weighted by atomic mass is 10.0. The number of carbonyl (C=O) groups is 1. The summed E-state index contributed by atoms with van der Waals surface area (Å²) < 4.78 is 10.0. The summed E-state index contributed by atoms with van der Waals surface area (Å²) in [5.74, 6) is 0.328. The molecule has 0 saturated heterocycles. The molecule has 4 heteroatoms. The summed E-state index contributed by atoms with van der Waals surface area (Å²) >= 11 is 6.01. The second-order valence-corrected chi connectivity index (χ2v) is 4.35. The molecule has 3 nitrogen and oxygen atoms in total. The number of methoxy groups -OCH3 is 2. The summed E-state index contributed by atoms with van der Waals surface area (Å²) in [5, 5.41) is 0.610. The zero-order valence-electron chi connectivity index (χ0n) is 10.6. The van der Waals surface area contributed by atoms with Crippen LogP contribution in [-0.2, 0) is 4.74 Å². The van der Waals surface area contributed by atoms with Crippen molar-refractivity contribution >= 4 is 17.6 Å². The summed E-state index contributed by atoms with van der Waals surface area (Å²) in [6.45, 7) is 0. The van der Waals surface area contributed by atoms with E-state index in [1.54, 1.807) is 43.5 Å². The van der Waals surface area contributed by atoms with E-state index in [0.717, 1.165) is 11.1 Å². The van der Waals surface area contributed by atoms with Crippen LogP contribution in [0.1, 0.15) is 10.4 Å². The second kappa shape index (κ2) is 5.76.